The van der Waals surface area contributed by atoms with Crippen molar-refractivity contribution >= 4 is 5.91 Å². The quantitative estimate of drug-likeness (QED) is 0.772. The fraction of sp³-hybridized carbons (Fsp3) is 0.889. The lowest BCUT2D eigenvalue weighted by Crippen LogP contribution is -2.40. The third-order valence-corrected chi connectivity index (χ3v) is 2.43. The lowest BCUT2D eigenvalue weighted by atomic mass is 10.3. The van der Waals surface area contributed by atoms with E-state index < -0.39 is 12.7 Å². The first kappa shape index (κ1) is 13.2. The number of hydrogen-bond donors (Lipinski definition) is 1. The molecule has 1 aliphatic rings. The molecule has 0 radical (unpaired) electrons. The molecular formula is C9H15F3N2O2. The number of methoxy groups -OCH3 is 1. The van der Waals surface area contributed by atoms with Gasteiger partial charge in [-0.05, 0) is 6.42 Å². The molecule has 1 amide bonds. The summed E-state index contributed by atoms with van der Waals surface area (Å²) in [6.45, 7) is -0.412. The zero-order valence-electron chi connectivity index (χ0n) is 9.01. The van der Waals surface area contributed by atoms with Gasteiger partial charge in [-0.25, -0.2) is 0 Å². The van der Waals surface area contributed by atoms with Gasteiger partial charge in [0.2, 0.25) is 5.91 Å². The first-order valence-electron chi connectivity index (χ1n) is 5.00. The van der Waals surface area contributed by atoms with Crippen LogP contribution in [0.15, 0.2) is 0 Å². The van der Waals surface area contributed by atoms with Crippen LogP contribution in [0.5, 0.6) is 0 Å². The van der Waals surface area contributed by atoms with Crippen molar-refractivity contribution in [2.24, 2.45) is 0 Å². The maximum absolute atomic E-state index is 11.8. The van der Waals surface area contributed by atoms with Gasteiger partial charge in [0.25, 0.3) is 0 Å². The zero-order valence-corrected chi connectivity index (χ0v) is 9.01. The number of rotatable bonds is 4. The second-order valence-corrected chi connectivity index (χ2v) is 3.70. The second kappa shape index (κ2) is 5.49. The molecule has 1 heterocycles. The fourth-order valence-electron chi connectivity index (χ4n) is 1.57. The van der Waals surface area contributed by atoms with Gasteiger partial charge in [0.15, 0.2) is 0 Å². The van der Waals surface area contributed by atoms with Gasteiger partial charge in [0.1, 0.15) is 0 Å². The lowest BCUT2D eigenvalue weighted by molar-refractivity contribution is -0.133. The molecule has 1 atom stereocenters. The minimum Gasteiger partial charge on any atom is -0.380 e. The Hall–Kier alpha value is -0.820. The average Bonchev–Trinajstić information content (AvgIpc) is 2.63. The van der Waals surface area contributed by atoms with Crippen LogP contribution < -0.4 is 5.32 Å². The topological polar surface area (TPSA) is 41.6 Å². The maximum Gasteiger partial charge on any atom is 0.401 e. The van der Waals surface area contributed by atoms with E-state index in [-0.39, 0.29) is 18.6 Å². The van der Waals surface area contributed by atoms with E-state index in [4.69, 9.17) is 4.74 Å². The molecule has 0 saturated carbocycles. The number of hydrogen-bond acceptors (Lipinski definition) is 3. The minimum atomic E-state index is -4.28. The predicted molar refractivity (Wildman–Crippen MR) is 50.9 cm³/mol. The van der Waals surface area contributed by atoms with Crippen LogP contribution >= 0.6 is 0 Å². The van der Waals surface area contributed by atoms with Gasteiger partial charge < -0.3 is 15.0 Å². The van der Waals surface area contributed by atoms with E-state index in [0.717, 1.165) is 6.42 Å². The van der Waals surface area contributed by atoms with Crippen molar-refractivity contribution in [1.82, 2.24) is 10.2 Å². The van der Waals surface area contributed by atoms with Crippen LogP contribution in [0.1, 0.15) is 6.42 Å². The summed E-state index contributed by atoms with van der Waals surface area (Å²) in [4.78, 5) is 12.9. The molecule has 1 fully saturated rings. The third-order valence-electron chi connectivity index (χ3n) is 2.43. The van der Waals surface area contributed by atoms with Crippen molar-refractivity contribution in [2.75, 3.05) is 33.3 Å². The van der Waals surface area contributed by atoms with E-state index in [1.807, 2.05) is 0 Å². The van der Waals surface area contributed by atoms with Crippen LogP contribution in [-0.2, 0) is 9.53 Å². The molecule has 0 aromatic rings. The van der Waals surface area contributed by atoms with E-state index in [1.54, 1.807) is 7.11 Å². The van der Waals surface area contributed by atoms with Crippen molar-refractivity contribution < 1.29 is 22.7 Å². The molecule has 1 saturated heterocycles. The zero-order chi connectivity index (χ0) is 12.2. The highest BCUT2D eigenvalue weighted by Gasteiger charge is 2.29. The number of nitrogens with one attached hydrogen (secondary N) is 1. The SMILES string of the molecule is COC1CCN(C(=O)CNCC(F)(F)F)C1. The third kappa shape index (κ3) is 4.36. The normalized spacial score (nSPS) is 21.5. The number of likely N-dealkylation sites (tertiary alicyclic amines) is 1. The van der Waals surface area contributed by atoms with Crippen molar-refractivity contribution in [3.8, 4) is 0 Å². The largest absolute Gasteiger partial charge is 0.401 e. The Balaban J connectivity index is 2.21. The van der Waals surface area contributed by atoms with Gasteiger partial charge >= 0.3 is 6.18 Å². The first-order valence-corrected chi connectivity index (χ1v) is 5.00. The van der Waals surface area contributed by atoms with Gasteiger partial charge in [-0.15, -0.1) is 0 Å². The number of carbonyl (C=O) groups is 1. The highest BCUT2D eigenvalue weighted by molar-refractivity contribution is 5.78. The standard InChI is InChI=1S/C9H15F3N2O2/c1-16-7-2-3-14(5-7)8(15)4-13-6-9(10,11)12/h7,13H,2-6H2,1H3. The molecule has 0 aromatic carbocycles. The molecule has 1 N–H and O–H groups in total. The Morgan fingerprint density at radius 2 is 2.25 bits per heavy atom. The Kier molecular flexibility index (Phi) is 4.55. The number of ether oxygens (including phenoxy) is 1. The van der Waals surface area contributed by atoms with Gasteiger partial charge in [-0.2, -0.15) is 13.2 Å². The molecule has 0 bridgehead atoms. The molecule has 0 spiro atoms. The van der Waals surface area contributed by atoms with E-state index in [0.29, 0.717) is 13.1 Å². The Morgan fingerprint density at radius 1 is 1.56 bits per heavy atom. The Bertz CT molecular complexity index is 245. The average molecular weight is 240 g/mol. The van der Waals surface area contributed by atoms with Crippen LogP contribution in [-0.4, -0.2) is 56.4 Å². The second-order valence-electron chi connectivity index (χ2n) is 3.70. The van der Waals surface area contributed by atoms with Crippen molar-refractivity contribution in [2.45, 2.75) is 18.7 Å². The van der Waals surface area contributed by atoms with Gasteiger partial charge in [0.05, 0.1) is 19.2 Å². The summed E-state index contributed by atoms with van der Waals surface area (Å²) in [6, 6.07) is 0. The van der Waals surface area contributed by atoms with Gasteiger partial charge in [-0.3, -0.25) is 4.79 Å². The Labute approximate surface area is 91.7 Å². The summed E-state index contributed by atoms with van der Waals surface area (Å²) in [5, 5.41) is 2.08. The molecule has 16 heavy (non-hydrogen) atoms. The summed E-state index contributed by atoms with van der Waals surface area (Å²) < 4.78 is 40.4. The summed E-state index contributed by atoms with van der Waals surface area (Å²) in [5.41, 5.74) is 0. The van der Waals surface area contributed by atoms with Crippen molar-refractivity contribution in [3.63, 3.8) is 0 Å². The van der Waals surface area contributed by atoms with E-state index in [9.17, 15) is 18.0 Å². The Morgan fingerprint density at radius 3 is 2.75 bits per heavy atom. The van der Waals surface area contributed by atoms with Crippen LogP contribution in [0.4, 0.5) is 13.2 Å². The van der Waals surface area contributed by atoms with Gasteiger partial charge in [0, 0.05) is 20.2 Å². The van der Waals surface area contributed by atoms with E-state index >= 15 is 0 Å². The molecule has 1 rings (SSSR count). The van der Waals surface area contributed by atoms with Crippen molar-refractivity contribution in [1.29, 1.82) is 0 Å². The summed E-state index contributed by atoms with van der Waals surface area (Å²) >= 11 is 0. The van der Waals surface area contributed by atoms with Crippen molar-refractivity contribution in [3.05, 3.63) is 0 Å². The summed E-state index contributed by atoms with van der Waals surface area (Å²) in [7, 11) is 1.56. The number of halogens is 3. The number of nitrogens with zero attached hydrogens (tertiary/aromatic N) is 1. The molecule has 0 aromatic heterocycles. The summed E-state index contributed by atoms with van der Waals surface area (Å²) in [6.07, 6.45) is -3.53. The molecule has 1 aliphatic heterocycles. The van der Waals surface area contributed by atoms with Crippen LogP contribution in [0.2, 0.25) is 0 Å². The lowest BCUT2D eigenvalue weighted by Gasteiger charge is -2.16. The number of alkyl halides is 3. The molecule has 0 aliphatic carbocycles. The first-order chi connectivity index (χ1) is 7.42. The van der Waals surface area contributed by atoms with E-state index in [1.165, 1.54) is 4.90 Å². The van der Waals surface area contributed by atoms with E-state index in [2.05, 4.69) is 5.32 Å². The number of carbonyl (C=O) groups excluding carboxylic acids is 1. The van der Waals surface area contributed by atoms with Gasteiger partial charge in [-0.1, -0.05) is 0 Å². The molecule has 1 unspecified atom stereocenters. The van der Waals surface area contributed by atoms with Crippen LogP contribution in [0.25, 0.3) is 0 Å². The monoisotopic (exact) mass is 240 g/mol. The van der Waals surface area contributed by atoms with Crippen LogP contribution in [0, 0.1) is 0 Å². The molecular weight excluding hydrogens is 225 g/mol. The highest BCUT2D eigenvalue weighted by Crippen LogP contribution is 2.13. The highest BCUT2D eigenvalue weighted by atomic mass is 19.4. The van der Waals surface area contributed by atoms with Crippen LogP contribution in [0.3, 0.4) is 0 Å². The smallest absolute Gasteiger partial charge is 0.380 e. The predicted octanol–water partition coefficient (Wildman–Crippen LogP) is 0.386. The molecule has 4 nitrogen and oxygen atoms in total. The molecule has 7 heteroatoms. The molecule has 94 valence electrons. The maximum atomic E-state index is 11.8. The number of amides is 1. The summed E-state index contributed by atoms with van der Waals surface area (Å²) in [5.74, 6) is -0.316. The minimum absolute atomic E-state index is 0.00608. The fourth-order valence-corrected chi connectivity index (χ4v) is 1.57.